The van der Waals surface area contributed by atoms with Crippen molar-refractivity contribution in [3.63, 3.8) is 0 Å². The molecule has 0 aromatic heterocycles. The average molecular weight is 462 g/mol. The van der Waals surface area contributed by atoms with Gasteiger partial charge in [0.25, 0.3) is 0 Å². The maximum atomic E-state index is 13.5. The van der Waals surface area contributed by atoms with Gasteiger partial charge in [-0.2, -0.15) is 0 Å². The molecule has 4 nitrogen and oxygen atoms in total. The normalized spacial score (nSPS) is 16.1. The molecule has 2 aliphatic rings. The summed E-state index contributed by atoms with van der Waals surface area (Å²) >= 11 is 1.65. The third kappa shape index (κ3) is 3.51. The van der Waals surface area contributed by atoms with Crippen LogP contribution in [-0.2, 0) is 0 Å². The van der Waals surface area contributed by atoms with Crippen molar-refractivity contribution in [2.45, 2.75) is 10.1 Å². The summed E-state index contributed by atoms with van der Waals surface area (Å²) in [6, 6.07) is 32.2. The van der Waals surface area contributed by atoms with Crippen LogP contribution in [0.1, 0.15) is 37.1 Å². The second-order valence-corrected chi connectivity index (χ2v) is 9.25. The third-order valence-corrected chi connectivity index (χ3v) is 7.37. The number of ketones is 1. The fourth-order valence-electron chi connectivity index (χ4n) is 4.37. The molecule has 0 unspecified atom stereocenters. The second kappa shape index (κ2) is 8.36. The van der Waals surface area contributed by atoms with Gasteiger partial charge in [0.15, 0.2) is 5.78 Å². The Balaban J connectivity index is 1.37. The Morgan fingerprint density at radius 1 is 0.765 bits per heavy atom. The lowest BCUT2D eigenvalue weighted by atomic mass is 10.0. The van der Waals surface area contributed by atoms with E-state index in [0.717, 1.165) is 38.5 Å². The van der Waals surface area contributed by atoms with Gasteiger partial charge >= 0.3 is 5.97 Å². The summed E-state index contributed by atoms with van der Waals surface area (Å²) in [6.45, 7) is 0. The molecule has 34 heavy (non-hydrogen) atoms. The van der Waals surface area contributed by atoms with Crippen molar-refractivity contribution in [3.8, 4) is 5.75 Å². The van der Waals surface area contributed by atoms with Crippen LogP contribution in [0.4, 0.5) is 5.69 Å². The molecule has 0 saturated heterocycles. The number of hydrogen-bond donors (Lipinski definition) is 1. The van der Waals surface area contributed by atoms with Gasteiger partial charge in [0.05, 0.1) is 22.2 Å². The highest BCUT2D eigenvalue weighted by Gasteiger charge is 2.38. The summed E-state index contributed by atoms with van der Waals surface area (Å²) in [5.74, 6) is 0.106. The Hall–Kier alpha value is -4.09. The molecule has 1 aliphatic carbocycles. The van der Waals surface area contributed by atoms with Gasteiger partial charge in [-0.1, -0.05) is 66.7 Å². The average Bonchev–Trinajstić information content (AvgIpc) is 3.04. The fourth-order valence-corrected chi connectivity index (χ4v) is 5.66. The predicted octanol–water partition coefficient (Wildman–Crippen LogP) is 6.77. The molecular formula is C29H19NO3S. The maximum absolute atomic E-state index is 13.5. The number of fused-ring (bicyclic) bond motifs is 3. The van der Waals surface area contributed by atoms with Crippen LogP contribution in [0.3, 0.4) is 0 Å². The van der Waals surface area contributed by atoms with Crippen molar-refractivity contribution in [2.24, 2.45) is 0 Å². The van der Waals surface area contributed by atoms with Crippen molar-refractivity contribution in [3.05, 3.63) is 131 Å². The first kappa shape index (κ1) is 20.5. The largest absolute Gasteiger partial charge is 0.423 e. The van der Waals surface area contributed by atoms with Crippen molar-refractivity contribution in [2.75, 3.05) is 5.32 Å². The van der Waals surface area contributed by atoms with E-state index in [2.05, 4.69) is 11.4 Å². The lowest BCUT2D eigenvalue weighted by Crippen LogP contribution is -2.09. The zero-order valence-corrected chi connectivity index (χ0v) is 18.8. The Morgan fingerprint density at radius 3 is 2.24 bits per heavy atom. The molecule has 0 radical (unpaired) electrons. The molecule has 0 saturated carbocycles. The van der Waals surface area contributed by atoms with E-state index in [1.54, 1.807) is 48.2 Å². The van der Waals surface area contributed by atoms with Gasteiger partial charge in [0.1, 0.15) is 5.75 Å². The molecular weight excluding hydrogens is 442 g/mol. The molecule has 6 rings (SSSR count). The molecule has 0 bridgehead atoms. The van der Waals surface area contributed by atoms with E-state index in [4.69, 9.17) is 4.74 Å². The van der Waals surface area contributed by atoms with Gasteiger partial charge in [-0.05, 0) is 42.0 Å². The highest BCUT2D eigenvalue weighted by molar-refractivity contribution is 8.00. The maximum Gasteiger partial charge on any atom is 0.343 e. The number of ether oxygens (including phenoxy) is 1. The molecule has 0 spiro atoms. The molecule has 0 fully saturated rings. The third-order valence-electron chi connectivity index (χ3n) is 6.01. The molecule has 1 atom stereocenters. The van der Waals surface area contributed by atoms with Gasteiger partial charge < -0.3 is 10.1 Å². The lowest BCUT2D eigenvalue weighted by Gasteiger charge is -2.17. The Kier molecular flexibility index (Phi) is 5.04. The molecule has 4 aromatic rings. The Labute approximate surface area is 201 Å². The van der Waals surface area contributed by atoms with E-state index in [1.807, 2.05) is 60.7 Å². The van der Waals surface area contributed by atoms with Crippen LogP contribution in [0.2, 0.25) is 0 Å². The van der Waals surface area contributed by atoms with Crippen LogP contribution in [0.15, 0.2) is 114 Å². The van der Waals surface area contributed by atoms with Crippen molar-refractivity contribution in [1.82, 2.24) is 0 Å². The van der Waals surface area contributed by atoms with Crippen LogP contribution in [0, 0.1) is 0 Å². The first-order chi connectivity index (χ1) is 16.7. The summed E-state index contributed by atoms with van der Waals surface area (Å²) in [6.07, 6.45) is 0. The zero-order chi connectivity index (χ0) is 23.1. The predicted molar refractivity (Wildman–Crippen MR) is 134 cm³/mol. The molecule has 0 amide bonds. The number of Topliss-reactive ketones (excluding diaryl/α,β-unsaturated/α-hetero) is 1. The van der Waals surface area contributed by atoms with Crippen LogP contribution < -0.4 is 10.1 Å². The highest BCUT2D eigenvalue weighted by atomic mass is 32.2. The number of benzene rings is 4. The summed E-state index contributed by atoms with van der Waals surface area (Å²) in [5.41, 5.74) is 5.71. The summed E-state index contributed by atoms with van der Waals surface area (Å²) < 4.78 is 5.55. The number of thioether (sulfide) groups is 1. The van der Waals surface area contributed by atoms with E-state index >= 15 is 0 Å². The molecule has 1 aliphatic heterocycles. The number of anilines is 1. The van der Waals surface area contributed by atoms with E-state index in [0.29, 0.717) is 11.3 Å². The zero-order valence-electron chi connectivity index (χ0n) is 18.0. The Morgan fingerprint density at radius 2 is 1.44 bits per heavy atom. The van der Waals surface area contributed by atoms with Crippen molar-refractivity contribution in [1.29, 1.82) is 0 Å². The van der Waals surface area contributed by atoms with Crippen LogP contribution in [-0.4, -0.2) is 11.8 Å². The van der Waals surface area contributed by atoms with Gasteiger partial charge in [-0.3, -0.25) is 4.79 Å². The number of esters is 1. The number of para-hydroxylation sites is 1. The molecule has 1 heterocycles. The number of carbonyl (C=O) groups excluding carboxylic acids is 2. The van der Waals surface area contributed by atoms with Crippen LogP contribution >= 0.6 is 11.8 Å². The second-order valence-electron chi connectivity index (χ2n) is 8.11. The number of rotatable bonds is 3. The summed E-state index contributed by atoms with van der Waals surface area (Å²) in [5, 5.41) is 3.33. The van der Waals surface area contributed by atoms with E-state index < -0.39 is 5.97 Å². The fraction of sp³-hybridized carbons (Fsp3) is 0.0345. The van der Waals surface area contributed by atoms with Gasteiger partial charge in [0, 0.05) is 21.6 Å². The minimum atomic E-state index is -0.401. The van der Waals surface area contributed by atoms with E-state index in [9.17, 15) is 9.59 Å². The van der Waals surface area contributed by atoms with Crippen molar-refractivity contribution >= 4 is 34.9 Å². The van der Waals surface area contributed by atoms with Crippen LogP contribution in [0.25, 0.3) is 5.70 Å². The first-order valence-corrected chi connectivity index (χ1v) is 11.9. The quantitative estimate of drug-likeness (QED) is 0.269. The van der Waals surface area contributed by atoms with Gasteiger partial charge in [0.2, 0.25) is 0 Å². The minimum Gasteiger partial charge on any atom is -0.423 e. The molecule has 1 N–H and O–H groups in total. The van der Waals surface area contributed by atoms with E-state index in [1.165, 1.54) is 0 Å². The molecule has 164 valence electrons. The first-order valence-electron chi connectivity index (χ1n) is 11.0. The lowest BCUT2D eigenvalue weighted by molar-refractivity contribution is 0.0734. The van der Waals surface area contributed by atoms with Gasteiger partial charge in [-0.25, -0.2) is 4.79 Å². The number of hydrogen-bond acceptors (Lipinski definition) is 5. The smallest absolute Gasteiger partial charge is 0.343 e. The highest BCUT2D eigenvalue weighted by Crippen LogP contribution is 2.52. The standard InChI is InChI=1S/C29H19NO3S/c31-27-22-11-5-4-10-21(22)26-25(27)28(34-24-13-7-6-12-23(24)30-26)18-14-16-20(17-15-18)33-29(32)19-8-2-1-3-9-19/h1-17,28,30H/t28-/m0/s1. The SMILES string of the molecule is O=C(Oc1ccc([C@@H]2Sc3ccccc3NC3=C2C(=O)c2ccccc23)cc1)c1ccccc1. The number of nitrogens with one attached hydrogen (secondary N) is 1. The topological polar surface area (TPSA) is 55.4 Å². The Bertz CT molecular complexity index is 1460. The van der Waals surface area contributed by atoms with Gasteiger partial charge in [-0.15, -0.1) is 11.8 Å². The van der Waals surface area contributed by atoms with E-state index in [-0.39, 0.29) is 11.0 Å². The monoisotopic (exact) mass is 461 g/mol. The molecule has 4 aromatic carbocycles. The number of carbonyl (C=O) groups is 2. The van der Waals surface area contributed by atoms with Crippen LogP contribution in [0.5, 0.6) is 5.75 Å². The molecule has 5 heteroatoms. The minimum absolute atomic E-state index is 0.0444. The van der Waals surface area contributed by atoms with Crippen molar-refractivity contribution < 1.29 is 14.3 Å². The summed E-state index contributed by atoms with van der Waals surface area (Å²) in [4.78, 5) is 27.0. The summed E-state index contributed by atoms with van der Waals surface area (Å²) in [7, 11) is 0.